The van der Waals surface area contributed by atoms with Crippen LogP contribution in [-0.2, 0) is 4.74 Å². The third-order valence-corrected chi connectivity index (χ3v) is 4.17. The number of ether oxygens (including phenoxy) is 2. The summed E-state index contributed by atoms with van der Waals surface area (Å²) in [5.74, 6) is 1.05. The summed E-state index contributed by atoms with van der Waals surface area (Å²) in [5.41, 5.74) is 0. The number of benzene rings is 1. The van der Waals surface area contributed by atoms with Crippen LogP contribution in [0.5, 0.6) is 5.75 Å². The number of rotatable bonds is 11. The molecule has 0 fully saturated rings. The minimum absolute atomic E-state index is 0.0506. The molecule has 3 nitrogen and oxygen atoms in total. The molecule has 0 spiro atoms. The van der Waals surface area contributed by atoms with E-state index in [1.165, 1.54) is 19.3 Å². The Morgan fingerprint density at radius 2 is 1.83 bits per heavy atom. The van der Waals surface area contributed by atoms with Crippen LogP contribution >= 0.6 is 12.2 Å². The van der Waals surface area contributed by atoms with Gasteiger partial charge in [-0.05, 0) is 43.7 Å². The summed E-state index contributed by atoms with van der Waals surface area (Å²) in [6.45, 7) is 4.59. The maximum Gasteiger partial charge on any atom is 0.358 e. The van der Waals surface area contributed by atoms with Crippen molar-refractivity contribution >= 4 is 17.5 Å². The normalized spacial score (nSPS) is 13.3. The number of hydrogen-bond acceptors (Lipinski definition) is 4. The summed E-state index contributed by atoms with van der Waals surface area (Å²) in [6, 6.07) is 9.47. The monoisotopic (exact) mass is 338 g/mol. The first-order valence-corrected chi connectivity index (χ1v) is 9.12. The molecule has 0 aliphatic heterocycles. The van der Waals surface area contributed by atoms with Crippen molar-refractivity contribution in [2.24, 2.45) is 5.92 Å². The van der Waals surface area contributed by atoms with E-state index in [-0.39, 0.29) is 17.9 Å². The van der Waals surface area contributed by atoms with E-state index >= 15 is 0 Å². The van der Waals surface area contributed by atoms with Crippen molar-refractivity contribution in [2.45, 2.75) is 64.9 Å². The van der Waals surface area contributed by atoms with Crippen LogP contribution in [0.15, 0.2) is 30.3 Å². The van der Waals surface area contributed by atoms with Crippen molar-refractivity contribution in [3.05, 3.63) is 30.3 Å². The Morgan fingerprint density at radius 3 is 2.48 bits per heavy atom. The molecule has 0 aromatic heterocycles. The van der Waals surface area contributed by atoms with Crippen molar-refractivity contribution in [3.63, 3.8) is 0 Å². The molecular weight excluding hydrogens is 308 g/mol. The zero-order valence-electron chi connectivity index (χ0n) is 14.4. The molecule has 2 atom stereocenters. The Kier molecular flexibility index (Phi) is 10.7. The van der Waals surface area contributed by atoms with Crippen LogP contribution in [0.2, 0.25) is 0 Å². The molecule has 0 amide bonds. The molecule has 23 heavy (non-hydrogen) atoms. The molecule has 0 aliphatic rings. The van der Waals surface area contributed by atoms with Crippen LogP contribution in [0.25, 0.3) is 0 Å². The largest absolute Gasteiger partial charge is 0.453 e. The zero-order valence-corrected chi connectivity index (χ0v) is 15.2. The fourth-order valence-electron chi connectivity index (χ4n) is 2.56. The zero-order chi connectivity index (χ0) is 16.9. The maximum absolute atomic E-state index is 9.03. The number of aliphatic hydroxyl groups is 1. The number of para-hydroxylation sites is 1. The predicted molar refractivity (Wildman–Crippen MR) is 98.8 cm³/mol. The van der Waals surface area contributed by atoms with Gasteiger partial charge in [-0.1, -0.05) is 51.3 Å². The lowest BCUT2D eigenvalue weighted by atomic mass is 9.94. The molecular formula is C19H30O3S. The van der Waals surface area contributed by atoms with E-state index in [0.29, 0.717) is 11.7 Å². The van der Waals surface area contributed by atoms with E-state index in [2.05, 4.69) is 13.8 Å². The summed E-state index contributed by atoms with van der Waals surface area (Å²) in [5, 5.41) is 9.22. The summed E-state index contributed by atoms with van der Waals surface area (Å²) in [4.78, 5) is 0. The first-order chi connectivity index (χ1) is 11.2. The molecule has 0 radical (unpaired) electrons. The molecule has 4 heteroatoms. The highest BCUT2D eigenvalue weighted by atomic mass is 32.1. The van der Waals surface area contributed by atoms with Gasteiger partial charge in [-0.15, -0.1) is 0 Å². The van der Waals surface area contributed by atoms with Gasteiger partial charge in [-0.3, -0.25) is 0 Å². The van der Waals surface area contributed by atoms with E-state index in [1.54, 1.807) is 0 Å². The van der Waals surface area contributed by atoms with Crippen LogP contribution < -0.4 is 4.74 Å². The molecule has 130 valence electrons. The summed E-state index contributed by atoms with van der Waals surface area (Å²) in [7, 11) is 0. The lowest BCUT2D eigenvalue weighted by Crippen LogP contribution is -2.27. The van der Waals surface area contributed by atoms with E-state index < -0.39 is 0 Å². The minimum Gasteiger partial charge on any atom is -0.453 e. The number of hydrogen-bond donors (Lipinski definition) is 1. The first kappa shape index (κ1) is 19.9. The topological polar surface area (TPSA) is 38.7 Å². The maximum atomic E-state index is 9.03. The van der Waals surface area contributed by atoms with Gasteiger partial charge in [0.25, 0.3) is 0 Å². The Bertz CT molecular complexity index is 422. The number of thiocarbonyl (C=S) groups is 1. The van der Waals surface area contributed by atoms with Gasteiger partial charge in [0.15, 0.2) is 0 Å². The SMILES string of the molecule is CCCCCC[C@@H](OC(=S)Oc1ccccc1)[C@H](C)CCCO. The summed E-state index contributed by atoms with van der Waals surface area (Å²) in [6.07, 6.45) is 7.58. The quantitative estimate of drug-likeness (QED) is 0.449. The van der Waals surface area contributed by atoms with Gasteiger partial charge in [-0.2, -0.15) is 0 Å². The van der Waals surface area contributed by atoms with Crippen LogP contribution in [-0.4, -0.2) is 23.1 Å². The highest BCUT2D eigenvalue weighted by molar-refractivity contribution is 7.79. The van der Waals surface area contributed by atoms with Gasteiger partial charge in [0, 0.05) is 18.8 Å². The second-order valence-corrected chi connectivity index (χ2v) is 6.35. The standard InChI is InChI=1S/C19H30O3S/c1-3-4-5-9-14-18(16(2)11-10-15-20)22-19(23)21-17-12-7-6-8-13-17/h6-8,12-13,16,18,20H,3-5,9-11,14-15H2,1-2H3/t16-,18-/m1/s1. The van der Waals surface area contributed by atoms with E-state index in [1.807, 2.05) is 30.3 Å². The molecule has 0 saturated carbocycles. The lowest BCUT2D eigenvalue weighted by molar-refractivity contribution is 0.0881. The van der Waals surface area contributed by atoms with Crippen molar-refractivity contribution in [1.29, 1.82) is 0 Å². The second kappa shape index (κ2) is 12.3. The molecule has 1 aromatic rings. The number of unbranched alkanes of at least 4 members (excludes halogenated alkanes) is 3. The Morgan fingerprint density at radius 1 is 1.09 bits per heavy atom. The van der Waals surface area contributed by atoms with Crippen molar-refractivity contribution in [3.8, 4) is 5.75 Å². The van der Waals surface area contributed by atoms with Crippen molar-refractivity contribution in [2.75, 3.05) is 6.61 Å². The Hall–Kier alpha value is -1.13. The van der Waals surface area contributed by atoms with Gasteiger partial charge >= 0.3 is 5.24 Å². The molecule has 0 heterocycles. The average molecular weight is 339 g/mol. The van der Waals surface area contributed by atoms with Crippen LogP contribution in [0.4, 0.5) is 0 Å². The third kappa shape index (κ3) is 8.92. The van der Waals surface area contributed by atoms with E-state index in [9.17, 15) is 0 Å². The summed E-state index contributed by atoms with van der Waals surface area (Å²) >= 11 is 5.25. The highest BCUT2D eigenvalue weighted by Gasteiger charge is 2.20. The average Bonchev–Trinajstić information content (AvgIpc) is 2.56. The predicted octanol–water partition coefficient (Wildman–Crippen LogP) is 5.11. The molecule has 0 bridgehead atoms. The van der Waals surface area contributed by atoms with E-state index in [0.717, 1.165) is 25.7 Å². The van der Waals surface area contributed by atoms with Crippen LogP contribution in [0.3, 0.4) is 0 Å². The van der Waals surface area contributed by atoms with Crippen LogP contribution in [0.1, 0.15) is 58.8 Å². The molecule has 0 unspecified atom stereocenters. The number of aliphatic hydroxyl groups excluding tert-OH is 1. The minimum atomic E-state index is 0.0506. The Labute approximate surface area is 146 Å². The van der Waals surface area contributed by atoms with Gasteiger partial charge in [-0.25, -0.2) is 0 Å². The van der Waals surface area contributed by atoms with Gasteiger partial charge in [0.1, 0.15) is 11.9 Å². The molecule has 0 saturated heterocycles. The van der Waals surface area contributed by atoms with E-state index in [4.69, 9.17) is 26.8 Å². The fourth-order valence-corrected chi connectivity index (χ4v) is 2.78. The second-order valence-electron chi connectivity index (χ2n) is 6.01. The highest BCUT2D eigenvalue weighted by Crippen LogP contribution is 2.21. The molecule has 1 aromatic carbocycles. The molecule has 1 rings (SSSR count). The fraction of sp³-hybridized carbons (Fsp3) is 0.632. The van der Waals surface area contributed by atoms with Crippen molar-refractivity contribution in [1.82, 2.24) is 0 Å². The first-order valence-electron chi connectivity index (χ1n) is 8.71. The van der Waals surface area contributed by atoms with Crippen LogP contribution in [0, 0.1) is 5.92 Å². The molecule has 0 aliphatic carbocycles. The lowest BCUT2D eigenvalue weighted by Gasteiger charge is -2.25. The van der Waals surface area contributed by atoms with Gasteiger partial charge in [0.05, 0.1) is 0 Å². The molecule has 1 N–H and O–H groups in total. The summed E-state index contributed by atoms with van der Waals surface area (Å²) < 4.78 is 11.5. The third-order valence-electron chi connectivity index (χ3n) is 3.99. The van der Waals surface area contributed by atoms with Gasteiger partial charge < -0.3 is 14.6 Å². The van der Waals surface area contributed by atoms with Crippen molar-refractivity contribution < 1.29 is 14.6 Å². The smallest absolute Gasteiger partial charge is 0.358 e. The Balaban J connectivity index is 2.50. The van der Waals surface area contributed by atoms with Gasteiger partial charge in [0.2, 0.25) is 0 Å².